The summed E-state index contributed by atoms with van der Waals surface area (Å²) in [6.07, 6.45) is -1.15. The number of rotatable bonds is 6. The van der Waals surface area contributed by atoms with E-state index in [-0.39, 0.29) is 0 Å². The van der Waals surface area contributed by atoms with Gasteiger partial charge in [-0.3, -0.25) is 9.79 Å². The fraction of sp³-hybridized carbons (Fsp3) is 0.714. The lowest BCUT2D eigenvalue weighted by Crippen LogP contribution is -2.17. The number of carbonyl (C=O) groups is 1. The molecular formula is C7H13NO5. The van der Waals surface area contributed by atoms with Crippen LogP contribution in [0.2, 0.25) is 0 Å². The summed E-state index contributed by atoms with van der Waals surface area (Å²) in [6, 6.07) is 0. The monoisotopic (exact) mass is 191 g/mol. The number of nitrogens with zero attached hydrogens (tertiary/aromatic N) is 1. The van der Waals surface area contributed by atoms with E-state index < -0.39 is 24.9 Å². The SMILES string of the molecule is COC(C=N[C@H](O)CC(=O)O)OC. The number of aliphatic imine (C=N–C) groups is 1. The van der Waals surface area contributed by atoms with Gasteiger partial charge < -0.3 is 19.7 Å². The molecule has 0 saturated heterocycles. The maximum absolute atomic E-state index is 10.1. The molecule has 0 bridgehead atoms. The number of hydrogen-bond acceptors (Lipinski definition) is 5. The average Bonchev–Trinajstić information content (AvgIpc) is 2.05. The van der Waals surface area contributed by atoms with Gasteiger partial charge in [-0.15, -0.1) is 0 Å². The number of hydrogen-bond donors (Lipinski definition) is 2. The van der Waals surface area contributed by atoms with Crippen molar-refractivity contribution < 1.29 is 24.5 Å². The minimum atomic E-state index is -1.26. The Hall–Kier alpha value is -0.980. The van der Waals surface area contributed by atoms with Crippen molar-refractivity contribution >= 4 is 12.2 Å². The van der Waals surface area contributed by atoms with Crippen LogP contribution in [0.25, 0.3) is 0 Å². The van der Waals surface area contributed by atoms with E-state index in [1.807, 2.05) is 0 Å². The molecule has 0 saturated carbocycles. The molecule has 0 rings (SSSR count). The van der Waals surface area contributed by atoms with Crippen molar-refractivity contribution in [2.75, 3.05) is 14.2 Å². The predicted octanol–water partition coefficient (Wildman–Crippen LogP) is -0.531. The van der Waals surface area contributed by atoms with E-state index in [1.54, 1.807) is 0 Å². The Balaban J connectivity index is 3.87. The highest BCUT2D eigenvalue weighted by Gasteiger charge is 2.07. The van der Waals surface area contributed by atoms with Gasteiger partial charge in [0.2, 0.25) is 0 Å². The molecule has 0 aliphatic rings. The number of carboxylic acids is 1. The molecule has 2 N–H and O–H groups in total. The lowest BCUT2D eigenvalue weighted by Gasteiger charge is -2.07. The van der Waals surface area contributed by atoms with E-state index in [0.717, 1.165) is 0 Å². The molecule has 6 nitrogen and oxygen atoms in total. The van der Waals surface area contributed by atoms with E-state index in [4.69, 9.17) is 19.7 Å². The summed E-state index contributed by atoms with van der Waals surface area (Å²) in [5.41, 5.74) is 0. The number of aliphatic hydroxyl groups is 1. The molecule has 6 heteroatoms. The summed E-state index contributed by atoms with van der Waals surface area (Å²) in [6.45, 7) is 0. The first-order chi connectivity index (χ1) is 6.10. The summed E-state index contributed by atoms with van der Waals surface area (Å²) in [5, 5.41) is 17.2. The van der Waals surface area contributed by atoms with Crippen LogP contribution in [0, 0.1) is 0 Å². The summed E-state index contributed by atoms with van der Waals surface area (Å²) < 4.78 is 9.45. The predicted molar refractivity (Wildman–Crippen MR) is 44.6 cm³/mol. The minimum Gasteiger partial charge on any atom is -0.481 e. The Morgan fingerprint density at radius 2 is 2.08 bits per heavy atom. The van der Waals surface area contributed by atoms with Gasteiger partial charge in [-0.2, -0.15) is 0 Å². The highest BCUT2D eigenvalue weighted by molar-refractivity contribution is 5.68. The molecule has 76 valence electrons. The Morgan fingerprint density at radius 3 is 2.46 bits per heavy atom. The summed E-state index contributed by atoms with van der Waals surface area (Å²) in [4.78, 5) is 13.6. The molecule has 0 radical (unpaired) electrons. The maximum atomic E-state index is 10.1. The highest BCUT2D eigenvalue weighted by atomic mass is 16.7. The molecular weight excluding hydrogens is 178 g/mol. The smallest absolute Gasteiger partial charge is 0.307 e. The van der Waals surface area contributed by atoms with Crippen LogP contribution in [0.3, 0.4) is 0 Å². The van der Waals surface area contributed by atoms with Crippen molar-refractivity contribution in [1.29, 1.82) is 0 Å². The van der Waals surface area contributed by atoms with Crippen LogP contribution in [-0.4, -0.2) is 49.1 Å². The van der Waals surface area contributed by atoms with Crippen LogP contribution in [0.1, 0.15) is 6.42 Å². The summed E-state index contributed by atoms with van der Waals surface area (Å²) in [7, 11) is 2.81. The summed E-state index contributed by atoms with van der Waals surface area (Å²) in [5.74, 6) is -1.11. The zero-order valence-corrected chi connectivity index (χ0v) is 7.51. The van der Waals surface area contributed by atoms with Crippen LogP contribution >= 0.6 is 0 Å². The zero-order valence-electron chi connectivity index (χ0n) is 7.51. The number of aliphatic carboxylic acids is 1. The molecule has 0 aromatic rings. The molecule has 0 amide bonds. The second-order valence-electron chi connectivity index (χ2n) is 2.22. The molecule has 0 heterocycles. The molecule has 0 spiro atoms. The van der Waals surface area contributed by atoms with Gasteiger partial charge in [-0.1, -0.05) is 0 Å². The molecule has 0 fully saturated rings. The van der Waals surface area contributed by atoms with Gasteiger partial charge in [0.15, 0.2) is 12.5 Å². The van der Waals surface area contributed by atoms with E-state index in [0.29, 0.717) is 0 Å². The standard InChI is InChI=1S/C7H13NO5/c1-12-7(13-2)4-8-5(9)3-6(10)11/h4-5,7,9H,3H2,1-2H3,(H,10,11)/t5-/m1/s1. The lowest BCUT2D eigenvalue weighted by atomic mass is 10.4. The van der Waals surface area contributed by atoms with E-state index in [9.17, 15) is 4.79 Å². The van der Waals surface area contributed by atoms with Crippen molar-refractivity contribution in [3.63, 3.8) is 0 Å². The highest BCUT2D eigenvalue weighted by Crippen LogP contribution is 1.94. The number of aliphatic hydroxyl groups excluding tert-OH is 1. The minimum absolute atomic E-state index is 0.434. The van der Waals surface area contributed by atoms with Gasteiger partial charge in [0.1, 0.15) is 0 Å². The van der Waals surface area contributed by atoms with Crippen molar-refractivity contribution in [2.24, 2.45) is 4.99 Å². The number of ether oxygens (including phenoxy) is 2. The van der Waals surface area contributed by atoms with Crippen LogP contribution < -0.4 is 0 Å². The molecule has 1 atom stereocenters. The Labute approximate surface area is 75.8 Å². The fourth-order valence-corrected chi connectivity index (χ4v) is 0.596. The van der Waals surface area contributed by atoms with Crippen LogP contribution in [0.4, 0.5) is 0 Å². The van der Waals surface area contributed by atoms with Gasteiger partial charge in [0.25, 0.3) is 0 Å². The lowest BCUT2D eigenvalue weighted by molar-refractivity contribution is -0.139. The first-order valence-electron chi connectivity index (χ1n) is 3.59. The number of carboxylic acid groups (broad SMARTS) is 1. The van der Waals surface area contributed by atoms with Crippen molar-refractivity contribution in [3.05, 3.63) is 0 Å². The molecule has 0 aromatic carbocycles. The van der Waals surface area contributed by atoms with Gasteiger partial charge in [-0.05, 0) is 0 Å². The van der Waals surface area contributed by atoms with E-state index in [1.165, 1.54) is 20.4 Å². The first kappa shape index (κ1) is 12.0. The zero-order chi connectivity index (χ0) is 10.3. The van der Waals surface area contributed by atoms with Gasteiger partial charge in [0, 0.05) is 14.2 Å². The van der Waals surface area contributed by atoms with Gasteiger partial charge in [0.05, 0.1) is 12.6 Å². The van der Waals surface area contributed by atoms with Crippen molar-refractivity contribution in [2.45, 2.75) is 18.9 Å². The van der Waals surface area contributed by atoms with Gasteiger partial charge >= 0.3 is 5.97 Å². The third-order valence-corrected chi connectivity index (χ3v) is 1.20. The molecule has 0 aromatic heterocycles. The largest absolute Gasteiger partial charge is 0.481 e. The molecule has 0 aliphatic heterocycles. The van der Waals surface area contributed by atoms with Crippen molar-refractivity contribution in [1.82, 2.24) is 0 Å². The first-order valence-corrected chi connectivity index (χ1v) is 3.59. The van der Waals surface area contributed by atoms with Crippen LogP contribution in [0.5, 0.6) is 0 Å². The molecule has 0 unspecified atom stereocenters. The maximum Gasteiger partial charge on any atom is 0.307 e. The Morgan fingerprint density at radius 1 is 1.54 bits per heavy atom. The Bertz CT molecular complexity index is 178. The summed E-state index contributed by atoms with van der Waals surface area (Å²) >= 11 is 0. The molecule has 13 heavy (non-hydrogen) atoms. The average molecular weight is 191 g/mol. The van der Waals surface area contributed by atoms with Crippen LogP contribution in [-0.2, 0) is 14.3 Å². The second-order valence-corrected chi connectivity index (χ2v) is 2.22. The quantitative estimate of drug-likeness (QED) is 0.435. The van der Waals surface area contributed by atoms with Gasteiger partial charge in [-0.25, -0.2) is 0 Å². The Kier molecular flexibility index (Phi) is 6.03. The van der Waals surface area contributed by atoms with E-state index >= 15 is 0 Å². The number of methoxy groups -OCH3 is 2. The van der Waals surface area contributed by atoms with E-state index in [2.05, 4.69) is 4.99 Å². The third kappa shape index (κ3) is 6.21. The van der Waals surface area contributed by atoms with Crippen molar-refractivity contribution in [3.8, 4) is 0 Å². The second kappa shape index (κ2) is 6.53. The third-order valence-electron chi connectivity index (χ3n) is 1.20. The topological polar surface area (TPSA) is 88.4 Å². The van der Waals surface area contributed by atoms with Crippen LogP contribution in [0.15, 0.2) is 4.99 Å². The fourth-order valence-electron chi connectivity index (χ4n) is 0.596. The normalized spacial score (nSPS) is 13.8. The molecule has 0 aliphatic carbocycles.